The van der Waals surface area contributed by atoms with Crippen LogP contribution in [0.5, 0.6) is 0 Å². The molecular weight excluding hydrogens is 691 g/mol. The molecule has 0 bridgehead atoms. The third kappa shape index (κ3) is 7.70. The van der Waals surface area contributed by atoms with Gasteiger partial charge in [-0.2, -0.15) is 0 Å². The predicted octanol–water partition coefficient (Wildman–Crippen LogP) is 6.14. The minimum absolute atomic E-state index is 0.131. The van der Waals surface area contributed by atoms with Crippen LogP contribution < -0.4 is 5.32 Å². The predicted molar refractivity (Wildman–Crippen MR) is 188 cm³/mol. The van der Waals surface area contributed by atoms with Crippen LogP contribution in [-0.2, 0) is 27.8 Å². The molecule has 2 saturated heterocycles. The summed E-state index contributed by atoms with van der Waals surface area (Å²) in [6.07, 6.45) is 2.40. The number of carboxylic acid groups (broad SMARTS) is 1. The van der Waals surface area contributed by atoms with Crippen LogP contribution in [0.25, 0.3) is 10.9 Å². The largest absolute Gasteiger partial charge is 0.481 e. The topological polar surface area (TPSA) is 107 Å². The lowest BCUT2D eigenvalue weighted by molar-refractivity contribution is -0.261. The lowest BCUT2D eigenvalue weighted by Gasteiger charge is -2.52. The Kier molecular flexibility index (Phi) is 11.5. The molecule has 2 aliphatic heterocycles. The van der Waals surface area contributed by atoms with E-state index in [4.69, 9.17) is 27.9 Å². The van der Waals surface area contributed by atoms with Crippen LogP contribution in [0.3, 0.4) is 0 Å². The molecule has 0 spiro atoms. The highest BCUT2D eigenvalue weighted by Crippen LogP contribution is 2.38. The van der Waals surface area contributed by atoms with E-state index in [1.807, 2.05) is 40.8 Å². The van der Waals surface area contributed by atoms with Crippen molar-refractivity contribution < 1.29 is 33.0 Å². The molecule has 3 heterocycles. The molecule has 50 heavy (non-hydrogen) atoms. The normalized spacial score (nSPS) is 22.2. The molecule has 3 fully saturated rings. The van der Waals surface area contributed by atoms with Gasteiger partial charge in [-0.1, -0.05) is 41.4 Å². The number of nitrogens with one attached hydrogen (secondary N) is 1. The number of carboxylic acids is 1. The third-order valence-corrected chi connectivity index (χ3v) is 11.0. The number of alkyl halides is 2. The van der Waals surface area contributed by atoms with E-state index in [0.29, 0.717) is 81.8 Å². The molecule has 1 aliphatic carbocycles. The van der Waals surface area contributed by atoms with Crippen LogP contribution in [0, 0.1) is 5.92 Å². The van der Waals surface area contributed by atoms with Crippen molar-refractivity contribution in [2.75, 3.05) is 51.1 Å². The average molecular weight is 735 g/mol. The van der Waals surface area contributed by atoms with Crippen LogP contribution in [0.1, 0.15) is 54.4 Å². The second-order valence-electron chi connectivity index (χ2n) is 13.6. The molecule has 10 nitrogen and oxygen atoms in total. The van der Waals surface area contributed by atoms with Crippen LogP contribution in [0.2, 0.25) is 10.0 Å². The molecule has 2 aromatic carbocycles. The smallest absolute Gasteiger partial charge is 0.306 e. The number of piperazine rings is 1. The summed E-state index contributed by atoms with van der Waals surface area (Å²) in [5.41, 5.74) is 2.15. The fraction of sp³-hybridized carbons (Fsp3) is 0.528. The molecule has 1 amide bonds. The molecule has 6 rings (SSSR count). The van der Waals surface area contributed by atoms with E-state index in [2.05, 4.69) is 10.2 Å². The highest BCUT2D eigenvalue weighted by Gasteiger charge is 2.53. The number of carbonyl (C=O) groups excluding carboxylic acids is 2. The zero-order valence-electron chi connectivity index (χ0n) is 28.1. The lowest BCUT2D eigenvalue weighted by Crippen LogP contribution is -2.71. The molecule has 1 saturated carbocycles. The number of hydrogen-bond acceptors (Lipinski definition) is 7. The number of Topliss-reactive ketones (excluding diaryl/α,β-unsaturated/α-hetero) is 1. The SMILES string of the molecule is Cn1cc(C(=O)Nc2cc(Cl)c(CC(=O)C(OC3CCC(C(=O)O)CC3)(N3CCCC3)N3CCN(CC(F)F)CC3)cc2Cl)c2ccccc21. The number of anilines is 1. The Hall–Kier alpha value is -3.13. The third-order valence-electron chi connectivity index (χ3n) is 10.3. The fourth-order valence-electron chi connectivity index (χ4n) is 7.70. The summed E-state index contributed by atoms with van der Waals surface area (Å²) in [5, 5.41) is 13.7. The van der Waals surface area contributed by atoms with Crippen molar-refractivity contribution in [3.63, 3.8) is 0 Å². The first kappa shape index (κ1) is 36.7. The lowest BCUT2D eigenvalue weighted by atomic mass is 9.87. The molecule has 1 unspecified atom stereocenters. The van der Waals surface area contributed by atoms with Crippen molar-refractivity contribution in [3.05, 3.63) is 63.8 Å². The van der Waals surface area contributed by atoms with Gasteiger partial charge in [-0.15, -0.1) is 0 Å². The Bertz CT molecular complexity index is 1720. The van der Waals surface area contributed by atoms with Crippen LogP contribution in [-0.4, -0.2) is 106 Å². The Morgan fingerprint density at radius 3 is 2.28 bits per heavy atom. The maximum atomic E-state index is 14.9. The molecule has 1 aromatic heterocycles. The zero-order chi connectivity index (χ0) is 35.6. The summed E-state index contributed by atoms with van der Waals surface area (Å²) < 4.78 is 35.3. The number of likely N-dealkylation sites (tertiary alicyclic amines) is 1. The number of aliphatic carboxylic acids is 1. The number of halogens is 4. The molecule has 270 valence electrons. The molecule has 3 aliphatic rings. The summed E-state index contributed by atoms with van der Waals surface area (Å²) in [4.78, 5) is 45.6. The summed E-state index contributed by atoms with van der Waals surface area (Å²) in [6.45, 7) is 2.26. The summed E-state index contributed by atoms with van der Waals surface area (Å²) >= 11 is 13.5. The van der Waals surface area contributed by atoms with Gasteiger partial charge in [-0.05, 0) is 62.3 Å². The van der Waals surface area contributed by atoms with Crippen LogP contribution >= 0.6 is 23.2 Å². The summed E-state index contributed by atoms with van der Waals surface area (Å²) in [6, 6.07) is 10.7. The Labute approximate surface area is 300 Å². The van der Waals surface area contributed by atoms with Crippen molar-refractivity contribution >= 4 is 57.5 Å². The standard InChI is InChI=1S/C36H43Cl2F2N5O5/c1-42-21-27(26-6-2-3-7-31(26)42)34(47)41-30-20-28(37)24(18-29(30)38)19-32(46)36(44-12-4-5-13-44,45-16-14-43(15-17-45)22-33(39)40)50-25-10-8-23(9-11-25)35(48)49/h2-3,6-7,18,20-21,23,25,33H,4-5,8-17,19,22H2,1H3,(H,41,47)(H,48,49). The van der Waals surface area contributed by atoms with Gasteiger partial charge in [0.1, 0.15) is 0 Å². The van der Waals surface area contributed by atoms with E-state index in [1.54, 1.807) is 23.2 Å². The number of amides is 1. The molecule has 3 aromatic rings. The number of ketones is 1. The van der Waals surface area contributed by atoms with E-state index in [0.717, 1.165) is 23.7 Å². The van der Waals surface area contributed by atoms with Gasteiger partial charge >= 0.3 is 5.97 Å². The Morgan fingerprint density at radius 1 is 0.960 bits per heavy atom. The van der Waals surface area contributed by atoms with E-state index in [1.165, 1.54) is 0 Å². The fourth-order valence-corrected chi connectivity index (χ4v) is 8.16. The minimum Gasteiger partial charge on any atom is -0.481 e. The molecule has 2 N–H and O–H groups in total. The van der Waals surface area contributed by atoms with Crippen LogP contribution in [0.15, 0.2) is 42.6 Å². The summed E-state index contributed by atoms with van der Waals surface area (Å²) in [5.74, 6) is -3.39. The maximum absolute atomic E-state index is 14.9. The van der Waals surface area contributed by atoms with Gasteiger partial charge in [0.15, 0.2) is 5.78 Å². The second-order valence-corrected chi connectivity index (χ2v) is 14.4. The molecule has 1 atom stereocenters. The number of rotatable bonds is 12. The van der Waals surface area contributed by atoms with Gasteiger partial charge in [0.05, 0.1) is 34.8 Å². The van der Waals surface area contributed by atoms with E-state index >= 15 is 0 Å². The van der Waals surface area contributed by atoms with E-state index in [9.17, 15) is 28.3 Å². The average Bonchev–Trinajstić information content (AvgIpc) is 3.75. The highest BCUT2D eigenvalue weighted by atomic mass is 35.5. The van der Waals surface area contributed by atoms with E-state index in [-0.39, 0.29) is 40.8 Å². The highest BCUT2D eigenvalue weighted by molar-refractivity contribution is 6.36. The number of aryl methyl sites for hydroxylation is 1. The van der Waals surface area contributed by atoms with Gasteiger partial charge in [0, 0.05) is 74.9 Å². The van der Waals surface area contributed by atoms with Gasteiger partial charge in [-0.25, -0.2) is 8.78 Å². The van der Waals surface area contributed by atoms with Gasteiger partial charge in [-0.3, -0.25) is 29.1 Å². The van der Waals surface area contributed by atoms with Gasteiger partial charge in [0.25, 0.3) is 12.3 Å². The number of ether oxygens (including phenoxy) is 1. The second kappa shape index (κ2) is 15.6. The number of benzene rings is 2. The Morgan fingerprint density at radius 2 is 1.62 bits per heavy atom. The monoisotopic (exact) mass is 733 g/mol. The first-order valence-electron chi connectivity index (χ1n) is 17.2. The number of fused-ring (bicyclic) bond motifs is 1. The number of hydrogen-bond donors (Lipinski definition) is 2. The van der Waals surface area contributed by atoms with Gasteiger partial charge in [0.2, 0.25) is 5.85 Å². The quantitative estimate of drug-likeness (QED) is 0.229. The molecule has 14 heteroatoms. The zero-order valence-corrected chi connectivity index (χ0v) is 29.6. The molecular formula is C36H43Cl2F2N5O5. The minimum atomic E-state index is -2.46. The van der Waals surface area contributed by atoms with Gasteiger partial charge < -0.3 is 19.7 Å². The first-order chi connectivity index (χ1) is 24.0. The van der Waals surface area contributed by atoms with Crippen LogP contribution in [0.4, 0.5) is 14.5 Å². The number of nitrogens with zero attached hydrogens (tertiary/aromatic N) is 4. The summed E-state index contributed by atoms with van der Waals surface area (Å²) in [7, 11) is 1.87. The number of para-hydroxylation sites is 1. The van der Waals surface area contributed by atoms with Crippen molar-refractivity contribution in [1.82, 2.24) is 19.3 Å². The number of carbonyl (C=O) groups is 3. The molecule has 0 radical (unpaired) electrons. The Balaban J connectivity index is 1.27. The van der Waals surface area contributed by atoms with E-state index < -0.39 is 24.2 Å². The van der Waals surface area contributed by atoms with Crippen molar-refractivity contribution in [3.8, 4) is 0 Å². The first-order valence-corrected chi connectivity index (χ1v) is 18.0. The van der Waals surface area contributed by atoms with Crippen molar-refractivity contribution in [2.24, 2.45) is 13.0 Å². The van der Waals surface area contributed by atoms with Crippen molar-refractivity contribution in [2.45, 2.75) is 63.3 Å². The maximum Gasteiger partial charge on any atom is 0.306 e. The van der Waals surface area contributed by atoms with Crippen molar-refractivity contribution in [1.29, 1.82) is 0 Å². The number of aromatic nitrogens is 1.